The van der Waals surface area contributed by atoms with E-state index in [-0.39, 0.29) is 0 Å². The van der Waals surface area contributed by atoms with Gasteiger partial charge in [-0.05, 0) is 23.6 Å². The lowest BCUT2D eigenvalue weighted by molar-refractivity contribution is 0.711. The van der Waals surface area contributed by atoms with Crippen LogP contribution in [0.1, 0.15) is 11.3 Å². The Bertz CT molecular complexity index is 821. The lowest BCUT2D eigenvalue weighted by atomic mass is 9.98. The van der Waals surface area contributed by atoms with Gasteiger partial charge in [0, 0.05) is 44.0 Å². The Balaban J connectivity index is 1.65. The fraction of sp³-hybridized carbons (Fsp3) is 0.263. The molecule has 4 heteroatoms. The Morgan fingerprint density at radius 2 is 1.78 bits per heavy atom. The maximum atomic E-state index is 4.21. The van der Waals surface area contributed by atoms with Crippen molar-refractivity contribution in [2.45, 2.75) is 12.8 Å². The molecule has 2 aromatic carbocycles. The van der Waals surface area contributed by atoms with Crippen LogP contribution in [0.15, 0.2) is 54.7 Å². The highest BCUT2D eigenvalue weighted by Gasteiger charge is 2.19. The third-order valence-corrected chi connectivity index (χ3v) is 4.49. The fourth-order valence-electron chi connectivity index (χ4n) is 3.35. The Kier molecular flexibility index (Phi) is 3.58. The average Bonchev–Trinajstić information content (AvgIpc) is 2.93. The molecular formula is C19H20N4. The van der Waals surface area contributed by atoms with E-state index in [2.05, 4.69) is 63.7 Å². The van der Waals surface area contributed by atoms with E-state index in [0.29, 0.717) is 0 Å². The quantitative estimate of drug-likeness (QED) is 0.745. The highest BCUT2D eigenvalue weighted by molar-refractivity contribution is 5.81. The van der Waals surface area contributed by atoms with Gasteiger partial charge < -0.3 is 4.90 Å². The molecule has 0 N–H and O–H groups in total. The number of rotatable bonds is 3. The monoisotopic (exact) mass is 304 g/mol. The van der Waals surface area contributed by atoms with Crippen molar-refractivity contribution in [1.82, 2.24) is 15.0 Å². The summed E-state index contributed by atoms with van der Waals surface area (Å²) in [6.45, 7) is 2.00. The molecule has 1 aliphatic heterocycles. The first-order valence-electron chi connectivity index (χ1n) is 8.09. The molecule has 0 amide bonds. The molecule has 3 aromatic rings. The van der Waals surface area contributed by atoms with E-state index in [9.17, 15) is 0 Å². The summed E-state index contributed by atoms with van der Waals surface area (Å²) in [7, 11) is 1.91. The zero-order valence-electron chi connectivity index (χ0n) is 13.3. The lowest BCUT2D eigenvalue weighted by Crippen LogP contribution is -2.27. The largest absolute Gasteiger partial charge is 0.370 e. The van der Waals surface area contributed by atoms with Gasteiger partial charge in [0.05, 0.1) is 5.69 Å². The van der Waals surface area contributed by atoms with Crippen molar-refractivity contribution in [2.75, 3.05) is 18.0 Å². The van der Waals surface area contributed by atoms with Crippen molar-refractivity contribution in [1.29, 1.82) is 0 Å². The average molecular weight is 304 g/mol. The van der Waals surface area contributed by atoms with E-state index in [1.807, 2.05) is 13.2 Å². The molecule has 23 heavy (non-hydrogen) atoms. The van der Waals surface area contributed by atoms with E-state index < -0.39 is 0 Å². The molecule has 2 heterocycles. The summed E-state index contributed by atoms with van der Waals surface area (Å²) in [4.78, 5) is 2.48. The van der Waals surface area contributed by atoms with Crippen LogP contribution in [0.25, 0.3) is 11.1 Å². The van der Waals surface area contributed by atoms with Crippen LogP contribution < -0.4 is 4.90 Å². The minimum absolute atomic E-state index is 0.915. The fourth-order valence-corrected chi connectivity index (χ4v) is 3.35. The molecule has 116 valence electrons. The summed E-state index contributed by atoms with van der Waals surface area (Å²) < 4.78 is 1.77. The van der Waals surface area contributed by atoms with Crippen molar-refractivity contribution in [3.63, 3.8) is 0 Å². The van der Waals surface area contributed by atoms with E-state index in [0.717, 1.165) is 31.6 Å². The summed E-state index contributed by atoms with van der Waals surface area (Å²) in [6.07, 6.45) is 3.99. The van der Waals surface area contributed by atoms with E-state index in [1.165, 1.54) is 22.4 Å². The number of nitrogens with zero attached hydrogens (tertiary/aromatic N) is 4. The summed E-state index contributed by atoms with van der Waals surface area (Å²) in [6, 6.07) is 17.5. The van der Waals surface area contributed by atoms with Crippen LogP contribution in [0.2, 0.25) is 0 Å². The molecule has 0 bridgehead atoms. The Labute approximate surface area is 136 Å². The molecule has 0 saturated carbocycles. The molecule has 0 unspecified atom stereocenters. The third kappa shape index (κ3) is 2.72. The van der Waals surface area contributed by atoms with Crippen molar-refractivity contribution in [3.05, 3.63) is 66.0 Å². The molecule has 0 fully saturated rings. The first-order chi connectivity index (χ1) is 11.3. The van der Waals surface area contributed by atoms with Crippen molar-refractivity contribution >= 4 is 5.69 Å². The predicted octanol–water partition coefficient (Wildman–Crippen LogP) is 3.09. The van der Waals surface area contributed by atoms with Gasteiger partial charge >= 0.3 is 0 Å². The van der Waals surface area contributed by atoms with Crippen molar-refractivity contribution in [3.8, 4) is 11.1 Å². The van der Waals surface area contributed by atoms with Crippen LogP contribution >= 0.6 is 0 Å². The maximum Gasteiger partial charge on any atom is 0.0844 e. The summed E-state index contributed by atoms with van der Waals surface area (Å²) in [5, 5.41) is 8.23. The lowest BCUT2D eigenvalue weighted by Gasteiger charge is -2.24. The number of aromatic nitrogens is 3. The number of hydrogen-bond donors (Lipinski definition) is 0. The van der Waals surface area contributed by atoms with Gasteiger partial charge in [-0.2, -0.15) is 0 Å². The standard InChI is InChI=1S/C19H20N4/c1-22-14-16(20-21-22)11-13-23-12-10-15-6-2-3-7-17(15)18-8-4-5-9-19(18)23/h2-9,14H,10-13H2,1H3. The third-order valence-electron chi connectivity index (χ3n) is 4.49. The molecule has 4 rings (SSSR count). The van der Waals surface area contributed by atoms with E-state index in [4.69, 9.17) is 0 Å². The van der Waals surface area contributed by atoms with Gasteiger partial charge in [0.25, 0.3) is 0 Å². The summed E-state index contributed by atoms with van der Waals surface area (Å²) in [5.74, 6) is 0. The minimum atomic E-state index is 0.915. The number of para-hydroxylation sites is 1. The van der Waals surface area contributed by atoms with Gasteiger partial charge in [-0.1, -0.05) is 47.7 Å². The number of aryl methyl sites for hydroxylation is 1. The Morgan fingerprint density at radius 3 is 2.61 bits per heavy atom. The SMILES string of the molecule is Cn1cc(CCN2CCc3ccccc3-c3ccccc32)nn1. The van der Waals surface area contributed by atoms with Crippen LogP contribution in [0.5, 0.6) is 0 Å². The number of benzene rings is 2. The number of fused-ring (bicyclic) bond motifs is 3. The zero-order chi connectivity index (χ0) is 15.6. The Hall–Kier alpha value is -2.62. The summed E-state index contributed by atoms with van der Waals surface area (Å²) >= 11 is 0. The van der Waals surface area contributed by atoms with Gasteiger partial charge in [-0.25, -0.2) is 0 Å². The van der Waals surface area contributed by atoms with Crippen LogP contribution in [0.4, 0.5) is 5.69 Å². The highest BCUT2D eigenvalue weighted by Crippen LogP contribution is 2.36. The second-order valence-corrected chi connectivity index (χ2v) is 6.04. The first-order valence-corrected chi connectivity index (χ1v) is 8.09. The van der Waals surface area contributed by atoms with Crippen LogP contribution in [0, 0.1) is 0 Å². The molecule has 1 aliphatic rings. The van der Waals surface area contributed by atoms with Gasteiger partial charge in [0.2, 0.25) is 0 Å². The van der Waals surface area contributed by atoms with Crippen LogP contribution in [0.3, 0.4) is 0 Å². The molecule has 1 aromatic heterocycles. The van der Waals surface area contributed by atoms with Gasteiger partial charge in [-0.15, -0.1) is 5.10 Å². The van der Waals surface area contributed by atoms with Gasteiger partial charge in [-0.3, -0.25) is 4.68 Å². The molecule has 0 atom stereocenters. The molecule has 0 spiro atoms. The first kappa shape index (κ1) is 14.0. The molecule has 0 radical (unpaired) electrons. The predicted molar refractivity (Wildman–Crippen MR) is 92.5 cm³/mol. The van der Waals surface area contributed by atoms with Crippen molar-refractivity contribution < 1.29 is 0 Å². The van der Waals surface area contributed by atoms with Gasteiger partial charge in [0.1, 0.15) is 0 Å². The second-order valence-electron chi connectivity index (χ2n) is 6.04. The molecule has 4 nitrogen and oxygen atoms in total. The topological polar surface area (TPSA) is 34.0 Å². The van der Waals surface area contributed by atoms with Crippen LogP contribution in [-0.4, -0.2) is 28.1 Å². The Morgan fingerprint density at radius 1 is 1.00 bits per heavy atom. The normalized spacial score (nSPS) is 13.3. The summed E-state index contributed by atoms with van der Waals surface area (Å²) in [5.41, 5.74) is 6.50. The van der Waals surface area contributed by atoms with Gasteiger partial charge in [0.15, 0.2) is 0 Å². The second kappa shape index (κ2) is 5.88. The number of anilines is 1. The smallest absolute Gasteiger partial charge is 0.0844 e. The van der Waals surface area contributed by atoms with E-state index >= 15 is 0 Å². The van der Waals surface area contributed by atoms with Crippen molar-refractivity contribution in [2.24, 2.45) is 7.05 Å². The highest BCUT2D eigenvalue weighted by atomic mass is 15.4. The molecule has 0 aliphatic carbocycles. The minimum Gasteiger partial charge on any atom is -0.370 e. The maximum absolute atomic E-state index is 4.21. The number of hydrogen-bond acceptors (Lipinski definition) is 3. The van der Waals surface area contributed by atoms with E-state index in [1.54, 1.807) is 4.68 Å². The molecule has 0 saturated heterocycles. The van der Waals surface area contributed by atoms with Crippen LogP contribution in [-0.2, 0) is 19.9 Å². The zero-order valence-corrected chi connectivity index (χ0v) is 13.3. The molecular weight excluding hydrogens is 284 g/mol.